The number of halogens is 3. The maximum absolute atomic E-state index is 9.96. The second-order valence-corrected chi connectivity index (χ2v) is 52.0. The average Bonchev–Trinajstić information content (AvgIpc) is 1.53. The Kier molecular flexibility index (Phi) is 24.6. The molecule has 2 aromatic heterocycles. The Labute approximate surface area is 862 Å². The van der Waals surface area contributed by atoms with Crippen molar-refractivity contribution in [2.24, 2.45) is 47.3 Å². The number of hydrogen-bond acceptors (Lipinski definition) is 8. The van der Waals surface area contributed by atoms with Crippen LogP contribution >= 0.6 is 37.1 Å². The topological polar surface area (TPSA) is 118 Å². The molecule has 8 fully saturated rings. The molecule has 20 aromatic rings. The van der Waals surface area contributed by atoms with E-state index in [1.54, 1.807) is 11.1 Å². The first-order valence-electron chi connectivity index (χ1n) is 50.3. The molecule has 2 heterocycles. The van der Waals surface area contributed by atoms with E-state index >= 15 is 0 Å². The fourth-order valence-corrected chi connectivity index (χ4v) is 26.9. The van der Waals surface area contributed by atoms with Gasteiger partial charge in [-0.2, -0.15) is 0 Å². The number of fused-ring (bicyclic) bond motifs is 8. The zero-order valence-electron chi connectivity index (χ0n) is 79.0. The molecule has 30 rings (SSSR count). The summed E-state index contributed by atoms with van der Waals surface area (Å²) in [6, 6.07) is 151. The van der Waals surface area contributed by atoms with E-state index in [0.29, 0.717) is 85.8 Å². The fourth-order valence-electron chi connectivity index (χ4n) is 26.7. The van der Waals surface area contributed by atoms with Crippen LogP contribution in [0.1, 0.15) is 86.5 Å². The summed E-state index contributed by atoms with van der Waals surface area (Å²) in [7, 11) is -1.41. The van der Waals surface area contributed by atoms with E-state index in [2.05, 4.69) is 335 Å². The summed E-state index contributed by atoms with van der Waals surface area (Å²) in [6.45, 7) is 2.68. The third-order valence-electron chi connectivity index (χ3n) is 32.5. The Morgan fingerprint density at radius 3 is 0.853 bits per heavy atom. The standard InChI is InChI=1S/C65H49N3.C37H24ClN3.C28H27BO2.H2I2P/c1-4-12-43(13-5-1)51-27-29-60-59(39-51)58-28-26-52(40-61(58)65(60)56-31-41-30-42(33-56)34-57(65)32-41)54-36-53(46-22-20-45(21-23-46)50-25-24-44-14-10-11-19-49(44)35-50)37-55(38-54)64-67-62(47-15-6-2-7-16-47)66-63(68-64)48-17-8-3-9-18-48;38-34-23-32(27-17-15-26(16-18-27)31-20-19-25-9-7-8-14-30(25)21-31)22-33(24-34)37-40-35(28-10-3-1-4-11-28)39-36(41-37)29-12-5-2-6-13-29;30-29(31)23-7-8-24-25-15-20(19-4-2-1-3-5-19)6-9-26(25)28(27(24)16-23)21-11-17-10-18(13-21)14-22(28)12-17;1-2-3/h1-29,35-42,56-57H,30-34H2;1-24H;1-9,15-18,21-22,30-31H,10-14H2;3H2/q;;;-1. The van der Waals surface area contributed by atoms with Gasteiger partial charge in [0.15, 0.2) is 34.9 Å². The van der Waals surface area contributed by atoms with Gasteiger partial charge in [0, 0.05) is 49.2 Å². The summed E-state index contributed by atoms with van der Waals surface area (Å²) in [6.07, 6.45) is 13.6. The zero-order chi connectivity index (χ0) is 95.8. The van der Waals surface area contributed by atoms with Crippen LogP contribution in [0.5, 0.6) is 0 Å². The molecule has 1 atom stereocenters. The van der Waals surface area contributed by atoms with Crippen molar-refractivity contribution < 1.29 is 26.7 Å². The Hall–Kier alpha value is -13.3. The monoisotopic (exact) mass is 2110 g/mol. The van der Waals surface area contributed by atoms with Gasteiger partial charge in [-0.25, -0.2) is 29.9 Å². The van der Waals surface area contributed by atoms with Crippen molar-refractivity contribution in [3.63, 3.8) is 0 Å². The van der Waals surface area contributed by atoms with E-state index in [0.717, 1.165) is 79.3 Å². The minimum absolute atomic E-state index is 0.0335. The second-order valence-electron chi connectivity index (χ2n) is 40.5. The molecule has 8 nitrogen and oxygen atoms in total. The minimum atomic E-state index is -1.41. The predicted octanol–water partition coefficient (Wildman–Crippen LogP) is 29.4. The molecule has 2 N–H and O–H groups in total. The second kappa shape index (κ2) is 38.7. The molecule has 694 valence electrons. The number of aromatic nitrogens is 6. The summed E-state index contributed by atoms with van der Waals surface area (Å²) >= 11 is 9.51. The molecule has 18 aromatic carbocycles. The summed E-state index contributed by atoms with van der Waals surface area (Å²) in [4.78, 5) is 30.1. The zero-order valence-corrected chi connectivity index (χ0v) is 85.2. The smallest absolute Gasteiger partial charge is 0.164 e. The molecular weight excluding hydrogens is 2010 g/mol. The maximum Gasteiger partial charge on any atom is 0.164 e. The van der Waals surface area contributed by atoms with Crippen LogP contribution in [0.2, 0.25) is 5.02 Å². The van der Waals surface area contributed by atoms with Gasteiger partial charge in [0.1, 0.15) is 0 Å². The van der Waals surface area contributed by atoms with E-state index < -0.39 is 7.12 Å². The third-order valence-corrected chi connectivity index (χ3v) is 32.7. The quantitative estimate of drug-likeness (QED) is 0.0628. The van der Waals surface area contributed by atoms with E-state index in [4.69, 9.17) is 41.5 Å². The van der Waals surface area contributed by atoms with Gasteiger partial charge >= 0.3 is 49.3 Å². The van der Waals surface area contributed by atoms with Crippen LogP contribution in [0.25, 0.3) is 190 Å². The van der Waals surface area contributed by atoms with Crippen LogP contribution in [0.3, 0.4) is 0 Å². The van der Waals surface area contributed by atoms with Gasteiger partial charge in [-0.05, 0) is 328 Å². The van der Waals surface area contributed by atoms with E-state index in [1.807, 2.05) is 115 Å². The summed E-state index contributed by atoms with van der Waals surface area (Å²) < 4.78 is 0. The van der Waals surface area contributed by atoms with E-state index in [-0.39, 0.29) is 10.8 Å². The van der Waals surface area contributed by atoms with Crippen molar-refractivity contribution in [1.82, 2.24) is 29.9 Å². The van der Waals surface area contributed by atoms with E-state index in [1.165, 1.54) is 175 Å². The summed E-state index contributed by atoms with van der Waals surface area (Å²) in [5.74, 6) is 10.0. The molecule has 10 aliphatic rings. The van der Waals surface area contributed by atoms with E-state index in [9.17, 15) is 10.0 Å². The first-order chi connectivity index (χ1) is 70.3. The molecule has 1 unspecified atom stereocenters. The van der Waals surface area contributed by atoms with Crippen LogP contribution < -0.4 is 22.1 Å². The Balaban J connectivity index is 0.000000121. The average molecular weight is 2110 g/mol. The van der Waals surface area contributed by atoms with Gasteiger partial charge in [-0.3, -0.25) is 0 Å². The number of benzene rings is 18. The molecule has 0 amide bonds. The predicted molar refractivity (Wildman–Crippen MR) is 597 cm³/mol. The number of rotatable bonds is 14. The number of nitrogens with zero attached hydrogens (tertiary/aromatic N) is 6. The SMILES string of the molecule is Clc1cc(-c2ccc(-c3ccc4ccccc4c3)cc2)cc(-c2nc(-c3ccccc3)nc(-c3ccccc3)n2)c1.OB(O)c1ccc2c(c1)C1(c3ccc(-c4ccccc4)cc3-2)C2CC3CC(C2)CC1C3.P[I-]I.c1ccc(-c2ccc3c(c2)-c2ccc(-c4cc(-c5ccc(-c6ccc7ccccc7c6)cc5)cc(-c5nc(-c6ccccc6)nc(-c6ccccc6)n5)c4)cc2C32C3CC4CC(C3)CC2C4)cc1. The van der Waals surface area contributed by atoms with Crippen molar-refractivity contribution in [3.8, 4) is 168 Å². The van der Waals surface area contributed by atoms with Crippen molar-refractivity contribution in [2.75, 3.05) is 0 Å². The minimum Gasteiger partial charge on any atom is -0.208 e. The largest absolute Gasteiger partial charge is 0.208 e. The third kappa shape index (κ3) is 17.2. The Bertz CT molecular complexity index is 8040. The normalized spacial score (nSPS) is 20.0. The molecule has 2 spiro atoms. The van der Waals surface area contributed by atoms with Crippen LogP contribution in [0, 0.1) is 47.3 Å². The maximum atomic E-state index is 9.96. The van der Waals surface area contributed by atoms with Gasteiger partial charge in [0.05, 0.1) is 0 Å². The Morgan fingerprint density at radius 2 is 0.483 bits per heavy atom. The molecule has 143 heavy (non-hydrogen) atoms. The molecule has 0 radical (unpaired) electrons. The van der Waals surface area contributed by atoms with Crippen molar-refractivity contribution in [3.05, 3.63) is 452 Å². The van der Waals surface area contributed by atoms with Crippen molar-refractivity contribution in [1.29, 1.82) is 0 Å². The summed E-state index contributed by atoms with van der Waals surface area (Å²) in [5.41, 5.74) is 34.4. The van der Waals surface area contributed by atoms with Crippen molar-refractivity contribution >= 4 is 71.2 Å². The van der Waals surface area contributed by atoms with Gasteiger partial charge in [0.25, 0.3) is 0 Å². The van der Waals surface area contributed by atoms with Gasteiger partial charge < -0.3 is 10.0 Å². The Morgan fingerprint density at radius 1 is 0.231 bits per heavy atom. The van der Waals surface area contributed by atoms with Crippen molar-refractivity contribution in [2.45, 2.75) is 75.0 Å². The van der Waals surface area contributed by atoms with Crippen LogP contribution in [0.4, 0.5) is 0 Å². The molecular formula is C130H102BClI2N6O2P-. The molecule has 0 saturated heterocycles. The molecule has 13 heteroatoms. The van der Waals surface area contributed by atoms with Gasteiger partial charge in [0.2, 0.25) is 0 Å². The van der Waals surface area contributed by atoms with Crippen LogP contribution in [0.15, 0.2) is 425 Å². The number of hydrogen-bond donors (Lipinski definition) is 2. The molecule has 0 aliphatic heterocycles. The van der Waals surface area contributed by atoms with Gasteiger partial charge in [-0.1, -0.05) is 370 Å². The van der Waals surface area contributed by atoms with Crippen LogP contribution in [-0.4, -0.2) is 47.1 Å². The molecule has 8 saturated carbocycles. The first-order valence-corrected chi connectivity index (χ1v) is 61.1. The van der Waals surface area contributed by atoms with Crippen LogP contribution in [-0.2, 0) is 10.8 Å². The molecule has 10 aliphatic carbocycles. The van der Waals surface area contributed by atoms with Gasteiger partial charge in [-0.15, -0.1) is 0 Å². The summed E-state index contributed by atoms with van der Waals surface area (Å²) in [5, 5.41) is 25.5. The molecule has 8 bridgehead atoms. The first kappa shape index (κ1) is 90.9. The fraction of sp³-hybridized carbons (Fsp3) is 0.154.